The smallest absolute Gasteiger partial charge is 0.241 e. The van der Waals surface area contributed by atoms with Gasteiger partial charge in [0.2, 0.25) is 5.91 Å². The van der Waals surface area contributed by atoms with E-state index in [0.717, 1.165) is 12.8 Å². The average molecular weight is 296 g/mol. The van der Waals surface area contributed by atoms with Gasteiger partial charge in [0.05, 0.1) is 12.2 Å². The molecule has 0 spiro atoms. The highest BCUT2D eigenvalue weighted by atomic mass is 32.2. The average Bonchev–Trinajstić information content (AvgIpc) is 3.09. The minimum absolute atomic E-state index is 0.0974. The summed E-state index contributed by atoms with van der Waals surface area (Å²) >= 11 is 2.04. The number of thioether (sulfide) groups is 1. The van der Waals surface area contributed by atoms with Crippen molar-refractivity contribution in [3.8, 4) is 0 Å². The topological polar surface area (TPSA) is 32.3 Å². The van der Waals surface area contributed by atoms with Crippen molar-refractivity contribution in [2.45, 2.75) is 76.5 Å². The first-order valence-corrected chi connectivity index (χ1v) is 9.62. The molecule has 3 aliphatic rings. The van der Waals surface area contributed by atoms with Crippen LogP contribution in [0.5, 0.6) is 0 Å². The van der Waals surface area contributed by atoms with Crippen LogP contribution in [-0.4, -0.2) is 40.6 Å². The van der Waals surface area contributed by atoms with Gasteiger partial charge in [0.15, 0.2) is 0 Å². The fourth-order valence-corrected chi connectivity index (χ4v) is 5.26. The molecule has 0 aromatic heterocycles. The number of nitrogens with one attached hydrogen (secondary N) is 1. The van der Waals surface area contributed by atoms with Crippen LogP contribution in [0.15, 0.2) is 0 Å². The van der Waals surface area contributed by atoms with Crippen LogP contribution in [0.4, 0.5) is 0 Å². The molecule has 0 bridgehead atoms. The molecule has 1 amide bonds. The molecule has 1 aliphatic carbocycles. The zero-order chi connectivity index (χ0) is 13.9. The van der Waals surface area contributed by atoms with Crippen molar-refractivity contribution >= 4 is 17.7 Å². The van der Waals surface area contributed by atoms with Crippen LogP contribution in [0, 0.1) is 5.92 Å². The minimum atomic E-state index is 0.0974. The quantitative estimate of drug-likeness (QED) is 0.865. The first-order valence-electron chi connectivity index (χ1n) is 8.47. The molecule has 1 N–H and O–H groups in total. The molecule has 0 aromatic carbocycles. The van der Waals surface area contributed by atoms with Crippen LogP contribution in [-0.2, 0) is 4.79 Å². The Morgan fingerprint density at radius 2 is 1.90 bits per heavy atom. The van der Waals surface area contributed by atoms with Gasteiger partial charge in [0.1, 0.15) is 0 Å². The van der Waals surface area contributed by atoms with Gasteiger partial charge < -0.3 is 4.90 Å². The zero-order valence-electron chi connectivity index (χ0n) is 12.6. The molecule has 2 heterocycles. The maximum atomic E-state index is 12.8. The number of nitrogens with zero attached hydrogens (tertiary/aromatic N) is 1. The first-order chi connectivity index (χ1) is 9.81. The van der Waals surface area contributed by atoms with E-state index in [4.69, 9.17) is 0 Å². The molecule has 114 valence electrons. The summed E-state index contributed by atoms with van der Waals surface area (Å²) in [4.78, 5) is 15.1. The number of amides is 1. The monoisotopic (exact) mass is 296 g/mol. The lowest BCUT2D eigenvalue weighted by atomic mass is 10.0. The maximum absolute atomic E-state index is 12.8. The number of carbonyl (C=O) groups excluding carboxylic acids is 1. The fourth-order valence-electron chi connectivity index (χ4n) is 4.18. The molecule has 4 heteroatoms. The molecule has 1 saturated carbocycles. The third-order valence-corrected chi connectivity index (χ3v) is 6.28. The molecule has 3 nitrogen and oxygen atoms in total. The summed E-state index contributed by atoms with van der Waals surface area (Å²) in [6, 6.07) is 0.601. The molecule has 2 saturated heterocycles. The van der Waals surface area contributed by atoms with Crippen molar-refractivity contribution in [3.63, 3.8) is 0 Å². The second kappa shape index (κ2) is 6.69. The lowest BCUT2D eigenvalue weighted by Crippen LogP contribution is -2.49. The Kier molecular flexibility index (Phi) is 4.92. The lowest BCUT2D eigenvalue weighted by Gasteiger charge is -2.37. The summed E-state index contributed by atoms with van der Waals surface area (Å²) in [5, 5.41) is 3.70. The molecule has 0 radical (unpaired) electrons. The Morgan fingerprint density at radius 1 is 1.20 bits per heavy atom. The Bertz CT molecular complexity index is 337. The highest BCUT2D eigenvalue weighted by molar-refractivity contribution is 7.99. The van der Waals surface area contributed by atoms with Crippen molar-refractivity contribution in [1.29, 1.82) is 0 Å². The van der Waals surface area contributed by atoms with E-state index in [1.54, 1.807) is 0 Å². The summed E-state index contributed by atoms with van der Waals surface area (Å²) in [5.74, 6) is 3.56. The molecular formula is C16H28N2OS. The van der Waals surface area contributed by atoms with E-state index in [0.29, 0.717) is 24.0 Å². The SMILES string of the molecule is CCCC1NC(C2CCCC2)N(C2CCSCC2)C1=O. The second-order valence-corrected chi connectivity index (χ2v) is 7.81. The predicted molar refractivity (Wildman–Crippen MR) is 84.8 cm³/mol. The highest BCUT2D eigenvalue weighted by Crippen LogP contribution is 2.36. The van der Waals surface area contributed by atoms with Gasteiger partial charge in [0, 0.05) is 6.04 Å². The highest BCUT2D eigenvalue weighted by Gasteiger charge is 2.45. The molecule has 2 unspecified atom stereocenters. The van der Waals surface area contributed by atoms with E-state index >= 15 is 0 Å². The molecular weight excluding hydrogens is 268 g/mol. The van der Waals surface area contributed by atoms with Crippen molar-refractivity contribution in [1.82, 2.24) is 10.2 Å². The van der Waals surface area contributed by atoms with Gasteiger partial charge in [-0.3, -0.25) is 10.1 Å². The summed E-state index contributed by atoms with van der Waals surface area (Å²) in [7, 11) is 0. The first kappa shape index (κ1) is 14.7. The summed E-state index contributed by atoms with van der Waals surface area (Å²) in [6.45, 7) is 2.18. The normalized spacial score (nSPS) is 33.2. The van der Waals surface area contributed by atoms with E-state index < -0.39 is 0 Å². The van der Waals surface area contributed by atoms with E-state index in [1.165, 1.54) is 50.0 Å². The van der Waals surface area contributed by atoms with Crippen molar-refractivity contribution in [2.24, 2.45) is 5.92 Å². The maximum Gasteiger partial charge on any atom is 0.241 e. The zero-order valence-corrected chi connectivity index (χ0v) is 13.5. The largest absolute Gasteiger partial charge is 0.322 e. The van der Waals surface area contributed by atoms with Crippen LogP contribution in [0.1, 0.15) is 58.3 Å². The van der Waals surface area contributed by atoms with Gasteiger partial charge in [-0.15, -0.1) is 0 Å². The Morgan fingerprint density at radius 3 is 2.55 bits per heavy atom. The number of hydrogen-bond donors (Lipinski definition) is 1. The van der Waals surface area contributed by atoms with Gasteiger partial charge in [-0.25, -0.2) is 0 Å². The summed E-state index contributed by atoms with van der Waals surface area (Å²) < 4.78 is 0. The molecule has 20 heavy (non-hydrogen) atoms. The summed E-state index contributed by atoms with van der Waals surface area (Å²) in [5.41, 5.74) is 0. The Hall–Kier alpha value is -0.220. The predicted octanol–water partition coefficient (Wildman–Crippen LogP) is 3.00. The second-order valence-electron chi connectivity index (χ2n) is 6.59. The van der Waals surface area contributed by atoms with Crippen LogP contribution in [0.2, 0.25) is 0 Å². The standard InChI is InChI=1S/C16H28N2OS/c1-2-5-14-16(19)18(13-8-10-20-11-9-13)15(17-14)12-6-3-4-7-12/h12-15,17H,2-11H2,1H3. The van der Waals surface area contributed by atoms with E-state index in [2.05, 4.69) is 17.1 Å². The van der Waals surface area contributed by atoms with E-state index in [1.807, 2.05) is 11.8 Å². The van der Waals surface area contributed by atoms with Gasteiger partial charge >= 0.3 is 0 Å². The number of carbonyl (C=O) groups is 1. The van der Waals surface area contributed by atoms with Gasteiger partial charge in [-0.2, -0.15) is 11.8 Å². The number of rotatable bonds is 4. The molecule has 3 fully saturated rings. The Balaban J connectivity index is 1.75. The Labute approximate surface area is 127 Å². The van der Waals surface area contributed by atoms with E-state index in [9.17, 15) is 4.79 Å². The minimum Gasteiger partial charge on any atom is -0.322 e. The molecule has 2 aliphatic heterocycles. The third kappa shape index (κ3) is 2.87. The van der Waals surface area contributed by atoms with Gasteiger partial charge in [-0.1, -0.05) is 26.2 Å². The lowest BCUT2D eigenvalue weighted by molar-refractivity contribution is -0.133. The van der Waals surface area contributed by atoms with Gasteiger partial charge in [-0.05, 0) is 49.5 Å². The third-order valence-electron chi connectivity index (χ3n) is 5.23. The van der Waals surface area contributed by atoms with Crippen LogP contribution in [0.3, 0.4) is 0 Å². The van der Waals surface area contributed by atoms with Crippen molar-refractivity contribution in [2.75, 3.05) is 11.5 Å². The number of hydrogen-bond acceptors (Lipinski definition) is 3. The van der Waals surface area contributed by atoms with Crippen LogP contribution in [0.25, 0.3) is 0 Å². The fraction of sp³-hybridized carbons (Fsp3) is 0.938. The van der Waals surface area contributed by atoms with Crippen molar-refractivity contribution in [3.05, 3.63) is 0 Å². The van der Waals surface area contributed by atoms with Crippen LogP contribution >= 0.6 is 11.8 Å². The van der Waals surface area contributed by atoms with Gasteiger partial charge in [0.25, 0.3) is 0 Å². The van der Waals surface area contributed by atoms with E-state index in [-0.39, 0.29) is 6.04 Å². The molecule has 0 aromatic rings. The molecule has 2 atom stereocenters. The van der Waals surface area contributed by atoms with Crippen LogP contribution < -0.4 is 5.32 Å². The summed E-state index contributed by atoms with van der Waals surface area (Å²) in [6.07, 6.45) is 10.1. The van der Waals surface area contributed by atoms with Crippen molar-refractivity contribution < 1.29 is 4.79 Å². The molecule has 3 rings (SSSR count).